The fourth-order valence-electron chi connectivity index (χ4n) is 6.29. The Morgan fingerprint density at radius 2 is 0.512 bits per heavy atom. The molecule has 0 heterocycles. The molecular formula is C39H79NO. The third-order valence-electron chi connectivity index (χ3n) is 9.22. The molecule has 2 heteroatoms. The third kappa shape index (κ3) is 32.2. The smallest absolute Gasteiger partial charge is 0.222 e. The zero-order valence-electron chi connectivity index (χ0n) is 29.1. The standard InChI is InChI=1S/C39H79NO/c1-4-7-9-11-13-15-17-19-21-23-25-27-29-31-33-35-37-40(39(41)6-3)38-36-34-32-30-28-26-24-22-20-18-16-14-12-10-8-5-2/h4-38H2,1-3H3. The summed E-state index contributed by atoms with van der Waals surface area (Å²) >= 11 is 0. The summed E-state index contributed by atoms with van der Waals surface area (Å²) in [6.07, 6.45) is 45.6. The van der Waals surface area contributed by atoms with Gasteiger partial charge in [-0.05, 0) is 12.8 Å². The van der Waals surface area contributed by atoms with Crippen molar-refractivity contribution in [3.63, 3.8) is 0 Å². The topological polar surface area (TPSA) is 20.3 Å². The van der Waals surface area contributed by atoms with Crippen LogP contribution in [0, 0.1) is 0 Å². The molecule has 0 saturated carbocycles. The van der Waals surface area contributed by atoms with E-state index in [0.29, 0.717) is 12.3 Å². The first-order valence-corrected chi connectivity index (χ1v) is 19.5. The molecule has 0 rings (SSSR count). The molecule has 0 fully saturated rings. The van der Waals surface area contributed by atoms with Gasteiger partial charge in [0.15, 0.2) is 0 Å². The Morgan fingerprint density at radius 1 is 0.317 bits per heavy atom. The number of unbranched alkanes of at least 4 members (excludes halogenated alkanes) is 30. The van der Waals surface area contributed by atoms with Crippen LogP contribution in [0.3, 0.4) is 0 Å². The van der Waals surface area contributed by atoms with Crippen molar-refractivity contribution >= 4 is 5.91 Å². The Hall–Kier alpha value is -0.530. The van der Waals surface area contributed by atoms with Crippen molar-refractivity contribution in [2.45, 2.75) is 233 Å². The van der Waals surface area contributed by atoms with E-state index in [9.17, 15) is 4.79 Å². The lowest BCUT2D eigenvalue weighted by molar-refractivity contribution is -0.131. The Balaban J connectivity index is 3.48. The molecule has 246 valence electrons. The summed E-state index contributed by atoms with van der Waals surface area (Å²) in [6, 6.07) is 0. The average Bonchev–Trinajstić information content (AvgIpc) is 2.99. The third-order valence-corrected chi connectivity index (χ3v) is 9.22. The summed E-state index contributed by atoms with van der Waals surface area (Å²) in [6.45, 7) is 8.60. The zero-order valence-corrected chi connectivity index (χ0v) is 29.1. The summed E-state index contributed by atoms with van der Waals surface area (Å²) < 4.78 is 0. The largest absolute Gasteiger partial charge is 0.343 e. The molecule has 1 amide bonds. The van der Waals surface area contributed by atoms with Gasteiger partial charge in [-0.1, -0.05) is 213 Å². The molecule has 0 atom stereocenters. The minimum absolute atomic E-state index is 0.368. The number of rotatable bonds is 35. The lowest BCUT2D eigenvalue weighted by Crippen LogP contribution is -2.32. The van der Waals surface area contributed by atoms with E-state index in [1.807, 2.05) is 6.92 Å². The van der Waals surface area contributed by atoms with Crippen LogP contribution in [0.2, 0.25) is 0 Å². The van der Waals surface area contributed by atoms with Crippen LogP contribution >= 0.6 is 0 Å². The molecular weight excluding hydrogens is 498 g/mol. The predicted octanol–water partition coefficient (Wildman–Crippen LogP) is 13.7. The fourth-order valence-corrected chi connectivity index (χ4v) is 6.29. The monoisotopic (exact) mass is 578 g/mol. The highest BCUT2D eigenvalue weighted by atomic mass is 16.2. The summed E-state index contributed by atoms with van der Waals surface area (Å²) in [4.78, 5) is 14.6. The quantitative estimate of drug-likeness (QED) is 0.0686. The summed E-state index contributed by atoms with van der Waals surface area (Å²) in [5.74, 6) is 0.368. The van der Waals surface area contributed by atoms with Gasteiger partial charge in [-0.3, -0.25) is 4.79 Å². The summed E-state index contributed by atoms with van der Waals surface area (Å²) in [5.41, 5.74) is 0. The average molecular weight is 578 g/mol. The zero-order chi connectivity index (χ0) is 29.9. The van der Waals surface area contributed by atoms with Crippen LogP contribution in [0.15, 0.2) is 0 Å². The van der Waals surface area contributed by atoms with Crippen LogP contribution in [0.25, 0.3) is 0 Å². The summed E-state index contributed by atoms with van der Waals surface area (Å²) in [7, 11) is 0. The number of nitrogens with zero attached hydrogens (tertiary/aromatic N) is 1. The molecule has 0 aromatic rings. The number of carbonyl (C=O) groups is 1. The molecule has 2 nitrogen and oxygen atoms in total. The Bertz CT molecular complexity index is 454. The van der Waals surface area contributed by atoms with Crippen molar-refractivity contribution in [2.24, 2.45) is 0 Å². The molecule has 0 aliphatic heterocycles. The van der Waals surface area contributed by atoms with Gasteiger partial charge in [0.1, 0.15) is 0 Å². The molecule has 0 spiro atoms. The first-order chi connectivity index (χ1) is 20.3. The number of carbonyl (C=O) groups excluding carboxylic acids is 1. The molecule has 0 bridgehead atoms. The Morgan fingerprint density at radius 3 is 0.707 bits per heavy atom. The highest BCUT2D eigenvalue weighted by molar-refractivity contribution is 5.75. The highest BCUT2D eigenvalue weighted by Crippen LogP contribution is 2.16. The molecule has 0 aliphatic rings. The normalized spacial score (nSPS) is 11.4. The van der Waals surface area contributed by atoms with Crippen LogP contribution in [0.5, 0.6) is 0 Å². The van der Waals surface area contributed by atoms with Crippen molar-refractivity contribution < 1.29 is 4.79 Å². The maximum Gasteiger partial charge on any atom is 0.222 e. The number of amides is 1. The number of hydrogen-bond donors (Lipinski definition) is 0. The van der Waals surface area contributed by atoms with E-state index < -0.39 is 0 Å². The van der Waals surface area contributed by atoms with E-state index >= 15 is 0 Å². The van der Waals surface area contributed by atoms with Gasteiger partial charge in [0, 0.05) is 19.5 Å². The lowest BCUT2D eigenvalue weighted by atomic mass is 10.0. The molecule has 0 aromatic carbocycles. The fraction of sp³-hybridized carbons (Fsp3) is 0.974. The van der Waals surface area contributed by atoms with Gasteiger partial charge in [-0.15, -0.1) is 0 Å². The second-order valence-electron chi connectivity index (χ2n) is 13.3. The minimum atomic E-state index is 0.368. The molecule has 0 aromatic heterocycles. The van der Waals surface area contributed by atoms with Gasteiger partial charge < -0.3 is 4.90 Å². The minimum Gasteiger partial charge on any atom is -0.343 e. The van der Waals surface area contributed by atoms with Gasteiger partial charge in [-0.25, -0.2) is 0 Å². The molecule has 0 N–H and O–H groups in total. The second kappa shape index (κ2) is 35.7. The van der Waals surface area contributed by atoms with Crippen LogP contribution < -0.4 is 0 Å². The van der Waals surface area contributed by atoms with E-state index in [1.165, 1.54) is 205 Å². The molecule has 41 heavy (non-hydrogen) atoms. The first kappa shape index (κ1) is 40.5. The Kier molecular flexibility index (Phi) is 35.2. The van der Waals surface area contributed by atoms with Gasteiger partial charge in [-0.2, -0.15) is 0 Å². The number of hydrogen-bond acceptors (Lipinski definition) is 1. The van der Waals surface area contributed by atoms with Crippen LogP contribution in [-0.2, 0) is 4.79 Å². The van der Waals surface area contributed by atoms with E-state index in [2.05, 4.69) is 18.7 Å². The van der Waals surface area contributed by atoms with Crippen molar-refractivity contribution in [2.75, 3.05) is 13.1 Å². The Labute approximate surface area is 261 Å². The maximum absolute atomic E-state index is 12.4. The molecule has 0 saturated heterocycles. The van der Waals surface area contributed by atoms with E-state index in [1.54, 1.807) is 0 Å². The van der Waals surface area contributed by atoms with Gasteiger partial charge in [0.2, 0.25) is 5.91 Å². The highest BCUT2D eigenvalue weighted by Gasteiger charge is 2.10. The predicted molar refractivity (Wildman–Crippen MR) is 186 cm³/mol. The van der Waals surface area contributed by atoms with Gasteiger partial charge in [0.25, 0.3) is 0 Å². The second-order valence-corrected chi connectivity index (χ2v) is 13.3. The van der Waals surface area contributed by atoms with E-state index in [-0.39, 0.29) is 0 Å². The maximum atomic E-state index is 12.4. The van der Waals surface area contributed by atoms with Gasteiger partial charge >= 0.3 is 0 Å². The van der Waals surface area contributed by atoms with Crippen LogP contribution in [0.4, 0.5) is 0 Å². The van der Waals surface area contributed by atoms with Gasteiger partial charge in [0.05, 0.1) is 0 Å². The van der Waals surface area contributed by atoms with E-state index in [0.717, 1.165) is 13.1 Å². The molecule has 0 aliphatic carbocycles. The molecule has 0 radical (unpaired) electrons. The van der Waals surface area contributed by atoms with Crippen molar-refractivity contribution in [1.82, 2.24) is 4.90 Å². The molecule has 0 unspecified atom stereocenters. The van der Waals surface area contributed by atoms with Crippen molar-refractivity contribution in [3.05, 3.63) is 0 Å². The lowest BCUT2D eigenvalue weighted by Gasteiger charge is -2.22. The van der Waals surface area contributed by atoms with E-state index in [4.69, 9.17) is 0 Å². The van der Waals surface area contributed by atoms with Crippen molar-refractivity contribution in [1.29, 1.82) is 0 Å². The first-order valence-electron chi connectivity index (χ1n) is 19.5. The van der Waals surface area contributed by atoms with Crippen molar-refractivity contribution in [3.8, 4) is 0 Å². The van der Waals surface area contributed by atoms with Crippen LogP contribution in [-0.4, -0.2) is 23.9 Å². The van der Waals surface area contributed by atoms with Crippen LogP contribution in [0.1, 0.15) is 233 Å². The summed E-state index contributed by atoms with van der Waals surface area (Å²) in [5, 5.41) is 0. The SMILES string of the molecule is CCCCCCCCCCCCCCCCCCN(CCCCCCCCCCCCCCCCCC)C(=O)CC.